The second kappa shape index (κ2) is 7.53. The van der Waals surface area contributed by atoms with Crippen molar-refractivity contribution in [2.24, 2.45) is 5.41 Å². The van der Waals surface area contributed by atoms with E-state index in [-0.39, 0.29) is 17.8 Å². The van der Waals surface area contributed by atoms with Crippen molar-refractivity contribution in [3.63, 3.8) is 0 Å². The van der Waals surface area contributed by atoms with Crippen LogP contribution in [0.2, 0.25) is 0 Å². The first-order valence-electron chi connectivity index (χ1n) is 10.5. The minimum Gasteiger partial charge on any atom is -0.297 e. The maximum absolute atomic E-state index is 13.2. The molecule has 4 heterocycles. The van der Waals surface area contributed by atoms with E-state index >= 15 is 0 Å². The molecule has 5 rings (SSSR count). The van der Waals surface area contributed by atoms with Gasteiger partial charge >= 0.3 is 11.1 Å². The fraction of sp³-hybridized carbons (Fsp3) is 0.391. The van der Waals surface area contributed by atoms with Gasteiger partial charge in [0.2, 0.25) is 0 Å². The zero-order valence-corrected chi connectivity index (χ0v) is 17.4. The van der Waals surface area contributed by atoms with Crippen molar-refractivity contribution in [3.8, 4) is 0 Å². The number of fused-ring (bicyclic) bond motifs is 1. The highest BCUT2D eigenvalue weighted by Crippen LogP contribution is 2.39. The minimum absolute atomic E-state index is 0.0789. The molecule has 3 aromatic rings. The highest BCUT2D eigenvalue weighted by atomic mass is 19.1. The molecule has 0 bridgehead atoms. The van der Waals surface area contributed by atoms with Crippen LogP contribution in [0, 0.1) is 18.2 Å². The zero-order chi connectivity index (χ0) is 21.6. The maximum atomic E-state index is 13.2. The van der Waals surface area contributed by atoms with Gasteiger partial charge in [-0.2, -0.15) is 5.10 Å². The zero-order valence-electron chi connectivity index (χ0n) is 17.4. The first-order chi connectivity index (χ1) is 14.9. The Kier molecular flexibility index (Phi) is 4.81. The Hall–Kier alpha value is -3.13. The topological polar surface area (TPSA) is 73.0 Å². The third-order valence-corrected chi connectivity index (χ3v) is 6.33. The molecule has 7 nitrogen and oxygen atoms in total. The number of hydrogen-bond acceptors (Lipinski definition) is 5. The molecule has 2 aromatic heterocycles. The van der Waals surface area contributed by atoms with Gasteiger partial charge in [0.05, 0.1) is 12.2 Å². The molecule has 160 valence electrons. The molecule has 0 unspecified atom stereocenters. The molecule has 1 saturated heterocycles. The Balaban J connectivity index is 1.36. The molecule has 1 aromatic carbocycles. The van der Waals surface area contributed by atoms with Crippen molar-refractivity contribution in [1.29, 1.82) is 0 Å². The Labute approximate surface area is 178 Å². The van der Waals surface area contributed by atoms with Crippen molar-refractivity contribution in [2.75, 3.05) is 13.1 Å². The summed E-state index contributed by atoms with van der Waals surface area (Å²) >= 11 is 0. The average Bonchev–Trinajstić information content (AvgIpc) is 3.30. The summed E-state index contributed by atoms with van der Waals surface area (Å²) in [5.41, 5.74) is 1.54. The predicted molar refractivity (Wildman–Crippen MR) is 113 cm³/mol. The van der Waals surface area contributed by atoms with Gasteiger partial charge in [-0.1, -0.05) is 18.2 Å². The van der Waals surface area contributed by atoms with Crippen molar-refractivity contribution in [2.45, 2.75) is 39.4 Å². The summed E-state index contributed by atoms with van der Waals surface area (Å²) < 4.78 is 15.9. The second-order valence-corrected chi connectivity index (χ2v) is 8.80. The van der Waals surface area contributed by atoms with Gasteiger partial charge in [-0.05, 0) is 49.7 Å². The fourth-order valence-corrected chi connectivity index (χ4v) is 4.82. The first kappa shape index (κ1) is 19.8. The Morgan fingerprint density at radius 3 is 2.61 bits per heavy atom. The number of halogens is 1. The van der Waals surface area contributed by atoms with E-state index in [1.54, 1.807) is 16.7 Å². The van der Waals surface area contributed by atoms with Crippen molar-refractivity contribution in [1.82, 2.24) is 24.2 Å². The summed E-state index contributed by atoms with van der Waals surface area (Å²) in [4.78, 5) is 32.4. The monoisotopic (exact) mass is 421 g/mol. The number of aryl methyl sites for hydroxylation is 1. The SMILES string of the molecule is Cc1cccc(CN2CC[C@]3(Cc4nn(Cc5ccc(F)cc5)c(=O)c(=O)n4C3)C2)n1. The first-order valence-corrected chi connectivity index (χ1v) is 10.5. The molecule has 0 saturated carbocycles. The van der Waals surface area contributed by atoms with Crippen LogP contribution in [0.15, 0.2) is 52.1 Å². The summed E-state index contributed by atoms with van der Waals surface area (Å²) in [6.45, 7) is 5.22. The highest BCUT2D eigenvalue weighted by Gasteiger charge is 2.44. The van der Waals surface area contributed by atoms with Crippen LogP contribution in [-0.4, -0.2) is 37.3 Å². The van der Waals surface area contributed by atoms with Crippen LogP contribution in [0.25, 0.3) is 0 Å². The van der Waals surface area contributed by atoms with E-state index in [9.17, 15) is 14.0 Å². The molecular weight excluding hydrogens is 397 g/mol. The van der Waals surface area contributed by atoms with Crippen LogP contribution in [-0.2, 0) is 26.1 Å². The number of hydrogen-bond donors (Lipinski definition) is 0. The third kappa shape index (κ3) is 3.83. The van der Waals surface area contributed by atoms with E-state index in [0.717, 1.165) is 43.0 Å². The van der Waals surface area contributed by atoms with Gasteiger partial charge in [-0.3, -0.25) is 24.0 Å². The molecule has 2 aliphatic rings. The number of rotatable bonds is 4. The molecule has 0 N–H and O–H groups in total. The van der Waals surface area contributed by atoms with Crippen LogP contribution in [0.5, 0.6) is 0 Å². The van der Waals surface area contributed by atoms with Crippen molar-refractivity contribution < 1.29 is 4.39 Å². The summed E-state index contributed by atoms with van der Waals surface area (Å²) in [5, 5.41) is 4.51. The van der Waals surface area contributed by atoms with Gasteiger partial charge in [-0.25, -0.2) is 9.07 Å². The molecule has 0 radical (unpaired) electrons. The quantitative estimate of drug-likeness (QED) is 0.600. The maximum Gasteiger partial charge on any atom is 0.332 e. The van der Waals surface area contributed by atoms with E-state index in [2.05, 4.69) is 15.0 Å². The molecule has 8 heteroatoms. The molecule has 0 aliphatic carbocycles. The minimum atomic E-state index is -0.635. The van der Waals surface area contributed by atoms with E-state index in [4.69, 9.17) is 0 Å². The lowest BCUT2D eigenvalue weighted by Crippen LogP contribution is -2.43. The average molecular weight is 421 g/mol. The lowest BCUT2D eigenvalue weighted by atomic mass is 9.86. The van der Waals surface area contributed by atoms with E-state index in [0.29, 0.717) is 18.8 Å². The molecule has 1 atom stereocenters. The van der Waals surface area contributed by atoms with Crippen LogP contribution >= 0.6 is 0 Å². The van der Waals surface area contributed by atoms with Crippen LogP contribution in [0.3, 0.4) is 0 Å². The lowest BCUT2D eigenvalue weighted by Gasteiger charge is -2.22. The number of pyridine rings is 1. The van der Waals surface area contributed by atoms with Crippen LogP contribution in [0.1, 0.15) is 29.2 Å². The molecular formula is C23H24FN5O2. The van der Waals surface area contributed by atoms with Crippen molar-refractivity contribution >= 4 is 0 Å². The number of benzene rings is 1. The summed E-state index contributed by atoms with van der Waals surface area (Å²) in [5.74, 6) is 0.314. The van der Waals surface area contributed by atoms with Gasteiger partial charge in [0, 0.05) is 37.2 Å². The Morgan fingerprint density at radius 1 is 1.03 bits per heavy atom. The molecule has 1 fully saturated rings. The molecule has 0 amide bonds. The van der Waals surface area contributed by atoms with Gasteiger partial charge in [0.25, 0.3) is 0 Å². The van der Waals surface area contributed by atoms with E-state index in [1.165, 1.54) is 16.8 Å². The summed E-state index contributed by atoms with van der Waals surface area (Å²) in [6.07, 6.45) is 1.62. The molecule has 2 aliphatic heterocycles. The normalized spacial score (nSPS) is 20.5. The molecule has 1 spiro atoms. The summed E-state index contributed by atoms with van der Waals surface area (Å²) in [6, 6.07) is 11.9. The van der Waals surface area contributed by atoms with Crippen LogP contribution in [0.4, 0.5) is 4.39 Å². The van der Waals surface area contributed by atoms with Gasteiger partial charge in [-0.15, -0.1) is 0 Å². The fourth-order valence-electron chi connectivity index (χ4n) is 4.82. The number of aromatic nitrogens is 4. The van der Waals surface area contributed by atoms with Gasteiger partial charge < -0.3 is 0 Å². The standard InChI is InChI=1S/C23H24FN5O2/c1-16-3-2-4-19(25-16)13-27-10-9-23(14-27)11-20-26-29(22(31)21(30)28(20)15-23)12-17-5-7-18(24)8-6-17/h2-8H,9-15H2,1H3/t23-/m0/s1. The Bertz CT molecular complexity index is 1250. The molecule has 31 heavy (non-hydrogen) atoms. The Morgan fingerprint density at radius 2 is 1.84 bits per heavy atom. The van der Waals surface area contributed by atoms with Gasteiger partial charge in [0.1, 0.15) is 11.6 Å². The van der Waals surface area contributed by atoms with E-state index < -0.39 is 11.1 Å². The predicted octanol–water partition coefficient (Wildman–Crippen LogP) is 1.74. The smallest absolute Gasteiger partial charge is 0.297 e. The summed E-state index contributed by atoms with van der Waals surface area (Å²) in [7, 11) is 0. The van der Waals surface area contributed by atoms with Crippen molar-refractivity contribution in [3.05, 3.63) is 91.8 Å². The lowest BCUT2D eigenvalue weighted by molar-refractivity contribution is 0.244. The number of nitrogens with zero attached hydrogens (tertiary/aromatic N) is 5. The number of likely N-dealkylation sites (tertiary alicyclic amines) is 1. The van der Waals surface area contributed by atoms with Crippen LogP contribution < -0.4 is 11.1 Å². The largest absolute Gasteiger partial charge is 0.332 e. The third-order valence-electron chi connectivity index (χ3n) is 6.33. The van der Waals surface area contributed by atoms with E-state index in [1.807, 2.05) is 25.1 Å². The van der Waals surface area contributed by atoms with Gasteiger partial charge in [0.15, 0.2) is 0 Å². The highest BCUT2D eigenvalue weighted by molar-refractivity contribution is 5.17. The second-order valence-electron chi connectivity index (χ2n) is 8.80.